The minimum atomic E-state index is -0.788. The van der Waals surface area contributed by atoms with Gasteiger partial charge in [0.2, 0.25) is 0 Å². The summed E-state index contributed by atoms with van der Waals surface area (Å²) in [4.78, 5) is 0. The molecular weight excluding hydrogens is 150 g/mol. The van der Waals surface area contributed by atoms with Crippen LogP contribution >= 0.6 is 0 Å². The van der Waals surface area contributed by atoms with Crippen molar-refractivity contribution in [1.82, 2.24) is 0 Å². The molecule has 1 saturated carbocycles. The summed E-state index contributed by atoms with van der Waals surface area (Å²) in [5.74, 6) is 0.260. The molecule has 2 atom stereocenters. The van der Waals surface area contributed by atoms with Crippen molar-refractivity contribution in [1.29, 1.82) is 0 Å². The van der Waals surface area contributed by atoms with Crippen LogP contribution in [0, 0.1) is 11.8 Å². The molecular formula is C10H17NO. The SMILES string of the molecule is C=C[C@@H]1CC[C@@H](C=C)C1(O)CN. The van der Waals surface area contributed by atoms with Gasteiger partial charge in [0.15, 0.2) is 0 Å². The van der Waals surface area contributed by atoms with E-state index in [9.17, 15) is 5.11 Å². The molecule has 0 aromatic carbocycles. The van der Waals surface area contributed by atoms with E-state index in [2.05, 4.69) is 13.2 Å². The van der Waals surface area contributed by atoms with Gasteiger partial charge in [-0.05, 0) is 12.8 Å². The van der Waals surface area contributed by atoms with Crippen molar-refractivity contribution in [3.63, 3.8) is 0 Å². The summed E-state index contributed by atoms with van der Waals surface area (Å²) in [7, 11) is 0. The Morgan fingerprint density at radius 3 is 2.00 bits per heavy atom. The van der Waals surface area contributed by atoms with Crippen LogP contribution in [0.5, 0.6) is 0 Å². The highest BCUT2D eigenvalue weighted by atomic mass is 16.3. The van der Waals surface area contributed by atoms with E-state index >= 15 is 0 Å². The van der Waals surface area contributed by atoms with E-state index in [1.807, 2.05) is 0 Å². The van der Waals surface area contributed by atoms with Gasteiger partial charge in [-0.25, -0.2) is 0 Å². The van der Waals surface area contributed by atoms with Crippen LogP contribution in [0.1, 0.15) is 12.8 Å². The Morgan fingerprint density at radius 2 is 1.75 bits per heavy atom. The number of aliphatic hydroxyl groups is 1. The predicted octanol–water partition coefficient (Wildman–Crippen LogP) is 1.07. The van der Waals surface area contributed by atoms with Gasteiger partial charge in [0.25, 0.3) is 0 Å². The van der Waals surface area contributed by atoms with Gasteiger partial charge in [-0.2, -0.15) is 0 Å². The largest absolute Gasteiger partial charge is 0.387 e. The van der Waals surface area contributed by atoms with Gasteiger partial charge in [-0.1, -0.05) is 12.2 Å². The van der Waals surface area contributed by atoms with Crippen LogP contribution in [0.25, 0.3) is 0 Å². The summed E-state index contributed by atoms with van der Waals surface area (Å²) < 4.78 is 0. The molecule has 0 spiro atoms. The van der Waals surface area contributed by atoms with Crippen molar-refractivity contribution < 1.29 is 5.11 Å². The molecule has 0 saturated heterocycles. The maximum atomic E-state index is 10.2. The highest BCUT2D eigenvalue weighted by Gasteiger charge is 2.44. The van der Waals surface area contributed by atoms with Crippen molar-refractivity contribution in [2.24, 2.45) is 17.6 Å². The highest BCUT2D eigenvalue weighted by Crippen LogP contribution is 2.41. The second-order valence-corrected chi connectivity index (χ2v) is 3.46. The minimum absolute atomic E-state index is 0.130. The number of rotatable bonds is 3. The van der Waals surface area contributed by atoms with Gasteiger partial charge >= 0.3 is 0 Å². The molecule has 0 aromatic rings. The van der Waals surface area contributed by atoms with E-state index in [0.717, 1.165) is 12.8 Å². The molecule has 0 radical (unpaired) electrons. The van der Waals surface area contributed by atoms with Gasteiger partial charge in [0.05, 0.1) is 5.60 Å². The standard InChI is InChI=1S/C10H17NO/c1-3-8-5-6-9(4-2)10(8,12)7-11/h3-4,8-9,12H,1-2,5-7,11H2/t8-,9-/m1/s1. The first-order chi connectivity index (χ1) is 5.69. The molecule has 1 fully saturated rings. The molecule has 0 bridgehead atoms. The molecule has 68 valence electrons. The summed E-state index contributed by atoms with van der Waals surface area (Å²) in [5.41, 5.74) is 4.77. The van der Waals surface area contributed by atoms with Crippen LogP contribution < -0.4 is 5.73 Å². The molecule has 0 aromatic heterocycles. The summed E-state index contributed by atoms with van der Waals surface area (Å²) >= 11 is 0. The van der Waals surface area contributed by atoms with E-state index in [0.29, 0.717) is 6.54 Å². The summed E-state index contributed by atoms with van der Waals surface area (Å²) in [6.07, 6.45) is 5.54. The Hall–Kier alpha value is -0.600. The average Bonchev–Trinajstić information content (AvgIpc) is 2.42. The fourth-order valence-corrected chi connectivity index (χ4v) is 2.08. The van der Waals surface area contributed by atoms with Crippen LogP contribution in [0.3, 0.4) is 0 Å². The maximum Gasteiger partial charge on any atom is 0.0893 e. The van der Waals surface area contributed by atoms with Gasteiger partial charge in [-0.15, -0.1) is 13.2 Å². The molecule has 1 rings (SSSR count). The third-order valence-corrected chi connectivity index (χ3v) is 2.97. The lowest BCUT2D eigenvalue weighted by molar-refractivity contribution is 0.00226. The maximum absolute atomic E-state index is 10.2. The van der Waals surface area contributed by atoms with Crippen LogP contribution in [0.15, 0.2) is 25.3 Å². The second kappa shape index (κ2) is 3.42. The zero-order valence-electron chi connectivity index (χ0n) is 7.37. The molecule has 2 heteroatoms. The minimum Gasteiger partial charge on any atom is -0.387 e. The second-order valence-electron chi connectivity index (χ2n) is 3.46. The highest BCUT2D eigenvalue weighted by molar-refractivity contribution is 5.10. The van der Waals surface area contributed by atoms with Crippen LogP contribution in [0.4, 0.5) is 0 Å². The smallest absolute Gasteiger partial charge is 0.0893 e. The Labute approximate surface area is 73.8 Å². The van der Waals surface area contributed by atoms with E-state index in [-0.39, 0.29) is 11.8 Å². The fraction of sp³-hybridized carbons (Fsp3) is 0.600. The summed E-state index contributed by atoms with van der Waals surface area (Å²) in [6, 6.07) is 0. The zero-order valence-corrected chi connectivity index (χ0v) is 7.37. The Morgan fingerprint density at radius 1 is 1.33 bits per heavy atom. The normalized spacial score (nSPS) is 33.2. The van der Waals surface area contributed by atoms with Crippen molar-refractivity contribution in [2.75, 3.05) is 6.54 Å². The zero-order chi connectivity index (χ0) is 9.19. The molecule has 1 aliphatic rings. The Kier molecular flexibility index (Phi) is 2.70. The first-order valence-electron chi connectivity index (χ1n) is 4.36. The van der Waals surface area contributed by atoms with Crippen LogP contribution in [-0.4, -0.2) is 17.3 Å². The third kappa shape index (κ3) is 1.21. The topological polar surface area (TPSA) is 46.2 Å². The number of hydrogen-bond donors (Lipinski definition) is 2. The third-order valence-electron chi connectivity index (χ3n) is 2.97. The molecule has 1 aliphatic carbocycles. The lowest BCUT2D eigenvalue weighted by atomic mass is 9.84. The van der Waals surface area contributed by atoms with Crippen LogP contribution in [-0.2, 0) is 0 Å². The van der Waals surface area contributed by atoms with E-state index in [4.69, 9.17) is 5.73 Å². The Balaban J connectivity index is 2.85. The molecule has 12 heavy (non-hydrogen) atoms. The fourth-order valence-electron chi connectivity index (χ4n) is 2.08. The quantitative estimate of drug-likeness (QED) is 0.618. The predicted molar refractivity (Wildman–Crippen MR) is 50.6 cm³/mol. The van der Waals surface area contributed by atoms with Crippen molar-refractivity contribution >= 4 is 0 Å². The van der Waals surface area contributed by atoms with Gasteiger partial charge in [0.1, 0.15) is 0 Å². The monoisotopic (exact) mass is 167 g/mol. The van der Waals surface area contributed by atoms with Crippen molar-refractivity contribution in [3.05, 3.63) is 25.3 Å². The molecule has 3 N–H and O–H groups in total. The first-order valence-corrected chi connectivity index (χ1v) is 4.36. The van der Waals surface area contributed by atoms with Gasteiger partial charge in [0, 0.05) is 18.4 Å². The van der Waals surface area contributed by atoms with Gasteiger partial charge in [-0.3, -0.25) is 0 Å². The van der Waals surface area contributed by atoms with Gasteiger partial charge < -0.3 is 10.8 Å². The lowest BCUT2D eigenvalue weighted by Gasteiger charge is -2.31. The molecule has 0 heterocycles. The number of nitrogens with two attached hydrogens (primary N) is 1. The van der Waals surface area contributed by atoms with Crippen molar-refractivity contribution in [2.45, 2.75) is 18.4 Å². The van der Waals surface area contributed by atoms with E-state index in [1.165, 1.54) is 0 Å². The molecule has 0 aliphatic heterocycles. The van der Waals surface area contributed by atoms with E-state index in [1.54, 1.807) is 12.2 Å². The Bertz CT molecular complexity index is 172. The molecule has 0 unspecified atom stereocenters. The van der Waals surface area contributed by atoms with Crippen LogP contribution in [0.2, 0.25) is 0 Å². The molecule has 2 nitrogen and oxygen atoms in total. The number of hydrogen-bond acceptors (Lipinski definition) is 2. The first kappa shape index (κ1) is 9.49. The summed E-state index contributed by atoms with van der Waals surface area (Å²) in [5, 5.41) is 10.2. The van der Waals surface area contributed by atoms with E-state index < -0.39 is 5.60 Å². The molecule has 0 amide bonds. The van der Waals surface area contributed by atoms with Crippen molar-refractivity contribution in [3.8, 4) is 0 Å². The lowest BCUT2D eigenvalue weighted by Crippen LogP contribution is -2.45. The summed E-state index contributed by atoms with van der Waals surface area (Å²) in [6.45, 7) is 7.70. The average molecular weight is 167 g/mol.